The van der Waals surface area contributed by atoms with Crippen molar-refractivity contribution in [1.82, 2.24) is 5.32 Å². The first kappa shape index (κ1) is 13.5. The van der Waals surface area contributed by atoms with Gasteiger partial charge < -0.3 is 15.5 Å². The third-order valence-corrected chi connectivity index (χ3v) is 3.12. The summed E-state index contributed by atoms with van der Waals surface area (Å²) in [6, 6.07) is 3.21. The smallest absolute Gasteiger partial charge is 0.322 e. The quantitative estimate of drug-likeness (QED) is 0.613. The van der Waals surface area contributed by atoms with E-state index in [0.29, 0.717) is 3.57 Å². The molecule has 0 saturated carbocycles. The fraction of sp³-hybridized carbons (Fsp3) is 0.111. The van der Waals surface area contributed by atoms with Crippen LogP contribution in [0.2, 0.25) is 0 Å². The zero-order valence-corrected chi connectivity index (χ0v) is 12.1. The summed E-state index contributed by atoms with van der Waals surface area (Å²) in [6.45, 7) is -0.472. The Kier molecular flexibility index (Phi) is 4.77. The van der Waals surface area contributed by atoms with Crippen LogP contribution in [0.25, 0.3) is 0 Å². The van der Waals surface area contributed by atoms with Gasteiger partial charge >= 0.3 is 5.97 Å². The molecule has 0 aromatic heterocycles. The fourth-order valence-electron chi connectivity index (χ4n) is 0.990. The van der Waals surface area contributed by atoms with E-state index in [1.54, 1.807) is 6.07 Å². The normalized spacial score (nSPS) is 9.88. The van der Waals surface area contributed by atoms with Crippen molar-refractivity contribution in [2.45, 2.75) is 0 Å². The van der Waals surface area contributed by atoms with Crippen LogP contribution in [-0.4, -0.2) is 28.6 Å². The van der Waals surface area contributed by atoms with Crippen LogP contribution in [0, 0.1) is 7.14 Å². The molecule has 0 aliphatic carbocycles. The Hall–Kier alpha value is -0.580. The van der Waals surface area contributed by atoms with Crippen molar-refractivity contribution in [2.24, 2.45) is 0 Å². The largest absolute Gasteiger partial charge is 0.506 e. The monoisotopic (exact) mass is 447 g/mol. The van der Waals surface area contributed by atoms with Crippen LogP contribution in [0.3, 0.4) is 0 Å². The maximum absolute atomic E-state index is 11.5. The Morgan fingerprint density at radius 1 is 1.31 bits per heavy atom. The number of phenolic OH excluding ortho intramolecular Hbond substituents is 1. The lowest BCUT2D eigenvalue weighted by atomic mass is 10.2. The van der Waals surface area contributed by atoms with Crippen molar-refractivity contribution < 1.29 is 19.8 Å². The van der Waals surface area contributed by atoms with Gasteiger partial charge in [0, 0.05) is 3.57 Å². The van der Waals surface area contributed by atoms with Crippen molar-refractivity contribution in [1.29, 1.82) is 0 Å². The molecule has 0 unspecified atom stereocenters. The maximum atomic E-state index is 11.5. The summed E-state index contributed by atoms with van der Waals surface area (Å²) in [5, 5.41) is 20.2. The minimum absolute atomic E-state index is 0.0811. The predicted molar refractivity (Wildman–Crippen MR) is 73.5 cm³/mol. The molecule has 0 aliphatic heterocycles. The molecule has 7 heteroatoms. The van der Waals surface area contributed by atoms with E-state index in [-0.39, 0.29) is 11.3 Å². The molecule has 1 rings (SSSR count). The van der Waals surface area contributed by atoms with Gasteiger partial charge in [-0.1, -0.05) is 0 Å². The van der Waals surface area contributed by atoms with E-state index in [1.807, 2.05) is 45.2 Å². The van der Waals surface area contributed by atoms with Crippen LogP contribution in [-0.2, 0) is 4.79 Å². The molecule has 0 radical (unpaired) electrons. The zero-order valence-electron chi connectivity index (χ0n) is 7.83. The molecule has 3 N–H and O–H groups in total. The Balaban J connectivity index is 2.95. The first-order valence-electron chi connectivity index (χ1n) is 4.10. The van der Waals surface area contributed by atoms with Crippen molar-refractivity contribution in [3.05, 3.63) is 24.8 Å². The Morgan fingerprint density at radius 2 is 1.94 bits per heavy atom. The van der Waals surface area contributed by atoms with Gasteiger partial charge in [0.2, 0.25) is 0 Å². The van der Waals surface area contributed by atoms with Gasteiger partial charge in [-0.2, -0.15) is 0 Å². The molecular weight excluding hydrogens is 440 g/mol. The first-order chi connectivity index (χ1) is 7.41. The maximum Gasteiger partial charge on any atom is 0.322 e. The molecule has 0 spiro atoms. The van der Waals surface area contributed by atoms with Crippen LogP contribution in [0.15, 0.2) is 12.1 Å². The number of aliphatic carboxylic acids is 1. The number of hydrogen-bond acceptors (Lipinski definition) is 3. The van der Waals surface area contributed by atoms with Gasteiger partial charge in [0.15, 0.2) is 0 Å². The topological polar surface area (TPSA) is 86.6 Å². The lowest BCUT2D eigenvalue weighted by Gasteiger charge is -2.07. The third kappa shape index (κ3) is 3.47. The lowest BCUT2D eigenvalue weighted by molar-refractivity contribution is -0.135. The molecule has 0 heterocycles. The van der Waals surface area contributed by atoms with Gasteiger partial charge in [0.25, 0.3) is 5.91 Å². The predicted octanol–water partition coefficient (Wildman–Crippen LogP) is 1.42. The number of hydrogen-bond donors (Lipinski definition) is 3. The van der Waals surface area contributed by atoms with Crippen LogP contribution in [0.5, 0.6) is 5.75 Å². The number of aromatic hydroxyl groups is 1. The Bertz CT molecular complexity index is 447. The molecule has 5 nitrogen and oxygen atoms in total. The summed E-state index contributed by atoms with van der Waals surface area (Å²) >= 11 is 3.91. The molecule has 0 saturated heterocycles. The number of nitrogens with one attached hydrogen (secondary N) is 1. The van der Waals surface area contributed by atoms with Gasteiger partial charge in [-0.3, -0.25) is 9.59 Å². The van der Waals surface area contributed by atoms with Crippen molar-refractivity contribution in [3.8, 4) is 5.75 Å². The van der Waals surface area contributed by atoms with E-state index in [9.17, 15) is 14.7 Å². The number of carboxylic acids is 1. The number of benzene rings is 1. The summed E-state index contributed by atoms with van der Waals surface area (Å²) in [6.07, 6.45) is 0. The molecule has 0 atom stereocenters. The summed E-state index contributed by atoms with van der Waals surface area (Å²) in [5.41, 5.74) is 0.0811. The van der Waals surface area contributed by atoms with Gasteiger partial charge in [-0.25, -0.2) is 0 Å². The second-order valence-corrected chi connectivity index (χ2v) is 5.27. The van der Waals surface area contributed by atoms with Gasteiger partial charge in [-0.15, -0.1) is 0 Å². The summed E-state index contributed by atoms with van der Waals surface area (Å²) < 4.78 is 1.34. The summed E-state index contributed by atoms with van der Waals surface area (Å²) in [7, 11) is 0. The van der Waals surface area contributed by atoms with Gasteiger partial charge in [0.1, 0.15) is 12.3 Å². The van der Waals surface area contributed by atoms with Crippen molar-refractivity contribution in [3.63, 3.8) is 0 Å². The average molecular weight is 447 g/mol. The van der Waals surface area contributed by atoms with E-state index in [2.05, 4.69) is 5.32 Å². The van der Waals surface area contributed by atoms with E-state index in [4.69, 9.17) is 5.11 Å². The highest BCUT2D eigenvalue weighted by Gasteiger charge is 2.15. The van der Waals surface area contributed by atoms with E-state index in [1.165, 1.54) is 6.07 Å². The first-order valence-corrected chi connectivity index (χ1v) is 6.25. The lowest BCUT2D eigenvalue weighted by Crippen LogP contribution is -2.29. The number of carbonyl (C=O) groups is 2. The van der Waals surface area contributed by atoms with Crippen LogP contribution >= 0.6 is 45.2 Å². The van der Waals surface area contributed by atoms with Gasteiger partial charge in [0.05, 0.1) is 9.13 Å². The minimum atomic E-state index is -1.13. The fourth-order valence-corrected chi connectivity index (χ4v) is 2.83. The van der Waals surface area contributed by atoms with Crippen molar-refractivity contribution in [2.75, 3.05) is 6.54 Å². The molecule has 0 bridgehead atoms. The van der Waals surface area contributed by atoms with E-state index in [0.717, 1.165) is 3.57 Å². The molecule has 86 valence electrons. The SMILES string of the molecule is O=C(O)CNC(=O)c1cc(I)cc(I)c1O. The molecule has 0 aliphatic rings. The summed E-state index contributed by atoms with van der Waals surface area (Å²) in [4.78, 5) is 21.8. The Labute approximate surface area is 119 Å². The molecule has 1 aromatic carbocycles. The number of amides is 1. The van der Waals surface area contributed by atoms with Crippen molar-refractivity contribution >= 4 is 57.1 Å². The number of halogens is 2. The molecule has 1 amide bonds. The molecule has 0 fully saturated rings. The number of rotatable bonds is 3. The van der Waals surface area contributed by atoms with Gasteiger partial charge in [-0.05, 0) is 57.3 Å². The van der Waals surface area contributed by atoms with Crippen LogP contribution < -0.4 is 5.32 Å². The molecule has 1 aromatic rings. The molecular formula is C9H7I2NO4. The zero-order chi connectivity index (χ0) is 12.3. The summed E-state index contributed by atoms with van der Waals surface area (Å²) in [5.74, 6) is -1.87. The standard InChI is InChI=1S/C9H7I2NO4/c10-4-1-5(8(15)6(11)2-4)9(16)12-3-7(13)14/h1-2,15H,3H2,(H,12,16)(H,13,14). The van der Waals surface area contributed by atoms with E-state index < -0.39 is 18.4 Å². The minimum Gasteiger partial charge on any atom is -0.506 e. The number of carboxylic acid groups (broad SMARTS) is 1. The highest BCUT2D eigenvalue weighted by molar-refractivity contribution is 14.1. The third-order valence-electron chi connectivity index (χ3n) is 1.67. The second kappa shape index (κ2) is 5.66. The number of carbonyl (C=O) groups excluding carboxylic acids is 1. The van der Waals surface area contributed by atoms with Crippen LogP contribution in [0.4, 0.5) is 0 Å². The average Bonchev–Trinajstić information content (AvgIpc) is 2.19. The highest BCUT2D eigenvalue weighted by atomic mass is 127. The highest BCUT2D eigenvalue weighted by Crippen LogP contribution is 2.26. The second-order valence-electron chi connectivity index (χ2n) is 2.86. The molecule has 16 heavy (non-hydrogen) atoms. The van der Waals surface area contributed by atoms with E-state index >= 15 is 0 Å². The Morgan fingerprint density at radius 3 is 2.50 bits per heavy atom. The number of phenols is 1. The van der Waals surface area contributed by atoms with Crippen LogP contribution in [0.1, 0.15) is 10.4 Å².